The molecule has 4 N–H and O–H groups in total. The van der Waals surface area contributed by atoms with E-state index in [0.29, 0.717) is 24.5 Å². The summed E-state index contributed by atoms with van der Waals surface area (Å²) >= 11 is 0. The van der Waals surface area contributed by atoms with Gasteiger partial charge in [-0.15, -0.1) is 0 Å². The molecule has 2 saturated heterocycles. The molecule has 2 unspecified atom stereocenters. The third kappa shape index (κ3) is 8.60. The van der Waals surface area contributed by atoms with E-state index < -0.39 is 24.3 Å². The van der Waals surface area contributed by atoms with Crippen molar-refractivity contribution in [2.45, 2.75) is 64.2 Å². The number of ether oxygens (including phenoxy) is 2. The van der Waals surface area contributed by atoms with Crippen molar-refractivity contribution in [3.05, 3.63) is 115 Å². The fourth-order valence-corrected chi connectivity index (χ4v) is 8.66. The van der Waals surface area contributed by atoms with E-state index in [2.05, 4.69) is 93.2 Å². The lowest BCUT2D eigenvalue weighted by Gasteiger charge is -2.30. The molecule has 15 heteroatoms. The van der Waals surface area contributed by atoms with Crippen LogP contribution in [-0.2, 0) is 19.1 Å². The van der Waals surface area contributed by atoms with Crippen LogP contribution in [0.15, 0.2) is 97.6 Å². The number of nitrogens with one attached hydrogen (secondary N) is 4. The average molecular weight is 838 g/mol. The second kappa shape index (κ2) is 17.9. The highest BCUT2D eigenvalue weighted by Crippen LogP contribution is 2.38. The van der Waals surface area contributed by atoms with E-state index in [1.165, 1.54) is 14.2 Å². The number of aromatic nitrogens is 5. The Labute approximate surface area is 359 Å². The molecule has 0 saturated carbocycles. The zero-order valence-corrected chi connectivity index (χ0v) is 35.4. The SMILES string of the molecule is COC(=O)NC(C(=O)N1CC(C)C[C@H]1c1ncc(-c2ccc(-c3ccc4cc(-c5cnc([C@@H]6CCCN6C(=O)[C@@H](NC(=O)OC)C(C)C)[nH]5)ccc4c3)cc2)[nH]1)c1cccnc1. The topological polar surface area (TPSA) is 188 Å². The molecule has 0 spiro atoms. The molecule has 0 radical (unpaired) electrons. The van der Waals surface area contributed by atoms with Gasteiger partial charge in [-0.3, -0.25) is 14.6 Å². The molecule has 8 rings (SSSR count). The number of alkyl carbamates (subject to hydrolysis) is 2. The fourth-order valence-electron chi connectivity index (χ4n) is 8.66. The first kappa shape index (κ1) is 41.7. The predicted molar refractivity (Wildman–Crippen MR) is 233 cm³/mol. The largest absolute Gasteiger partial charge is 0.453 e. The van der Waals surface area contributed by atoms with Gasteiger partial charge in [-0.2, -0.15) is 0 Å². The number of rotatable bonds is 11. The van der Waals surface area contributed by atoms with Crippen LogP contribution in [0.5, 0.6) is 0 Å². The summed E-state index contributed by atoms with van der Waals surface area (Å²) in [7, 11) is 2.56. The summed E-state index contributed by atoms with van der Waals surface area (Å²) in [5.74, 6) is 1.13. The number of pyridine rings is 1. The molecule has 5 atom stereocenters. The maximum absolute atomic E-state index is 14.0. The maximum Gasteiger partial charge on any atom is 0.407 e. The van der Waals surface area contributed by atoms with Crippen LogP contribution in [0.25, 0.3) is 44.4 Å². The Balaban J connectivity index is 0.950. The van der Waals surface area contributed by atoms with Crippen LogP contribution >= 0.6 is 0 Å². The molecule has 3 aromatic carbocycles. The van der Waals surface area contributed by atoms with E-state index in [0.717, 1.165) is 69.5 Å². The summed E-state index contributed by atoms with van der Waals surface area (Å²) in [5.41, 5.74) is 6.36. The third-order valence-corrected chi connectivity index (χ3v) is 11.9. The second-order valence-electron chi connectivity index (χ2n) is 16.5. The normalized spacial score (nSPS) is 18.5. The first-order valence-corrected chi connectivity index (χ1v) is 21.0. The Bertz CT molecular complexity index is 2570. The van der Waals surface area contributed by atoms with Crippen molar-refractivity contribution in [3.63, 3.8) is 0 Å². The minimum absolute atomic E-state index is 0.110. The van der Waals surface area contributed by atoms with Gasteiger partial charge in [0.15, 0.2) is 0 Å². The van der Waals surface area contributed by atoms with Gasteiger partial charge in [0.2, 0.25) is 5.91 Å². The van der Waals surface area contributed by atoms with E-state index in [1.54, 1.807) is 35.6 Å². The summed E-state index contributed by atoms with van der Waals surface area (Å²) in [4.78, 5) is 76.1. The molecular formula is C47H51N9O6. The van der Waals surface area contributed by atoms with Crippen LogP contribution in [-0.4, -0.2) is 92.1 Å². The van der Waals surface area contributed by atoms with Crippen molar-refractivity contribution in [2.24, 2.45) is 11.8 Å². The van der Waals surface area contributed by atoms with E-state index in [4.69, 9.17) is 19.4 Å². The van der Waals surface area contributed by atoms with Crippen LogP contribution < -0.4 is 10.6 Å². The Hall–Kier alpha value is -7.03. The minimum Gasteiger partial charge on any atom is -0.453 e. The number of amides is 4. The summed E-state index contributed by atoms with van der Waals surface area (Å²) in [6.07, 6.45) is 7.83. The van der Waals surface area contributed by atoms with Crippen molar-refractivity contribution in [1.29, 1.82) is 0 Å². The molecule has 4 amide bonds. The van der Waals surface area contributed by atoms with Crippen LogP contribution in [0, 0.1) is 11.8 Å². The average Bonchev–Trinajstić information content (AvgIpc) is 4.14. The van der Waals surface area contributed by atoms with Gasteiger partial charge in [-0.05, 0) is 76.8 Å². The molecule has 2 fully saturated rings. The van der Waals surface area contributed by atoms with Gasteiger partial charge in [-0.1, -0.05) is 75.4 Å². The third-order valence-electron chi connectivity index (χ3n) is 11.9. The number of likely N-dealkylation sites (tertiary alicyclic amines) is 2. The lowest BCUT2D eigenvalue weighted by atomic mass is 9.98. The number of aromatic amines is 2. The highest BCUT2D eigenvalue weighted by Gasteiger charge is 2.40. The molecule has 62 heavy (non-hydrogen) atoms. The van der Waals surface area contributed by atoms with Crippen molar-refractivity contribution in [1.82, 2.24) is 45.4 Å². The Morgan fingerprint density at radius 3 is 2.00 bits per heavy atom. The Kier molecular flexibility index (Phi) is 12.0. The number of carbonyl (C=O) groups is 4. The molecule has 3 aromatic heterocycles. The van der Waals surface area contributed by atoms with Crippen molar-refractivity contribution in [2.75, 3.05) is 27.3 Å². The van der Waals surface area contributed by atoms with Gasteiger partial charge < -0.3 is 39.9 Å². The first-order chi connectivity index (χ1) is 30.0. The van der Waals surface area contributed by atoms with Crippen molar-refractivity contribution < 1.29 is 28.7 Å². The van der Waals surface area contributed by atoms with Gasteiger partial charge in [0.25, 0.3) is 5.91 Å². The highest BCUT2D eigenvalue weighted by molar-refractivity contribution is 5.91. The molecule has 0 aliphatic carbocycles. The van der Waals surface area contributed by atoms with Gasteiger partial charge in [-0.25, -0.2) is 19.6 Å². The number of fused-ring (bicyclic) bond motifs is 1. The summed E-state index contributed by atoms with van der Waals surface area (Å²) in [6, 6.07) is 22.4. The summed E-state index contributed by atoms with van der Waals surface area (Å²) in [5, 5.41) is 7.57. The molecule has 2 aliphatic rings. The van der Waals surface area contributed by atoms with Gasteiger partial charge in [0, 0.05) is 36.6 Å². The molecule has 6 aromatic rings. The quantitative estimate of drug-likeness (QED) is 0.101. The number of imidazole rings is 2. The van der Waals surface area contributed by atoms with E-state index >= 15 is 0 Å². The van der Waals surface area contributed by atoms with Crippen molar-refractivity contribution >= 4 is 34.8 Å². The van der Waals surface area contributed by atoms with Crippen LogP contribution in [0.1, 0.15) is 75.4 Å². The Morgan fingerprint density at radius 2 is 1.34 bits per heavy atom. The second-order valence-corrected chi connectivity index (χ2v) is 16.5. The number of H-pyrrole nitrogens is 2. The van der Waals surface area contributed by atoms with E-state index in [1.807, 2.05) is 24.9 Å². The lowest BCUT2D eigenvalue weighted by Crippen LogP contribution is -2.51. The number of carbonyl (C=O) groups excluding carboxylic acids is 4. The van der Waals surface area contributed by atoms with E-state index in [9.17, 15) is 19.2 Å². The summed E-state index contributed by atoms with van der Waals surface area (Å²) < 4.78 is 9.61. The van der Waals surface area contributed by atoms with Crippen LogP contribution in [0.4, 0.5) is 9.59 Å². The number of hydrogen-bond donors (Lipinski definition) is 4. The minimum atomic E-state index is -0.954. The molecular weight excluding hydrogens is 787 g/mol. The van der Waals surface area contributed by atoms with Gasteiger partial charge in [0.1, 0.15) is 23.7 Å². The first-order valence-electron chi connectivity index (χ1n) is 21.0. The number of methoxy groups -OCH3 is 2. The zero-order valence-electron chi connectivity index (χ0n) is 35.4. The number of hydrogen-bond acceptors (Lipinski definition) is 9. The number of nitrogens with zero attached hydrogens (tertiary/aromatic N) is 5. The van der Waals surface area contributed by atoms with Crippen molar-refractivity contribution in [3.8, 4) is 33.6 Å². The molecule has 15 nitrogen and oxygen atoms in total. The van der Waals surface area contributed by atoms with E-state index in [-0.39, 0.29) is 35.7 Å². The standard InChI is InChI=1S/C47H51N9O6/c1-27(2)40(53-46(59)61-4)44(57)55-19-7-9-38(55)42-49-25-37(52-42)34-17-16-32-21-31(14-15-33(32)22-34)29-10-12-30(13-11-29)36-24-50-43(51-36)39-20-28(3)26-56(39)45(58)41(54-47(60)62-5)35-8-6-18-48-23-35/h6,8,10-18,21-25,27-28,38-41H,7,9,19-20,26H2,1-5H3,(H,49,52)(H,50,51)(H,53,59)(H,54,60)/t28?,38-,39-,40-,41?/m0/s1. The maximum atomic E-state index is 14.0. The molecule has 320 valence electrons. The monoisotopic (exact) mass is 837 g/mol. The molecule has 0 bridgehead atoms. The fraction of sp³-hybridized carbons (Fsp3) is 0.340. The summed E-state index contributed by atoms with van der Waals surface area (Å²) in [6.45, 7) is 7.02. The molecule has 5 heterocycles. The van der Waals surface area contributed by atoms with Crippen LogP contribution in [0.2, 0.25) is 0 Å². The van der Waals surface area contributed by atoms with Gasteiger partial charge >= 0.3 is 12.2 Å². The predicted octanol–water partition coefficient (Wildman–Crippen LogP) is 7.73. The van der Waals surface area contributed by atoms with Gasteiger partial charge in [0.05, 0.1) is 50.1 Å². The molecule has 2 aliphatic heterocycles. The zero-order chi connectivity index (χ0) is 43.5. The smallest absolute Gasteiger partial charge is 0.407 e. The highest BCUT2D eigenvalue weighted by atomic mass is 16.5. The van der Waals surface area contributed by atoms with Crippen LogP contribution in [0.3, 0.4) is 0 Å². The lowest BCUT2D eigenvalue weighted by molar-refractivity contribution is -0.136. The number of benzene rings is 3. The Morgan fingerprint density at radius 1 is 0.726 bits per heavy atom.